The molecule has 0 saturated heterocycles. The average Bonchev–Trinajstić information content (AvgIpc) is 2.67. The van der Waals surface area contributed by atoms with E-state index in [9.17, 15) is 18.7 Å². The fraction of sp³-hybridized carbons (Fsp3) is 0.0455. The van der Waals surface area contributed by atoms with Crippen molar-refractivity contribution in [2.75, 3.05) is 0 Å². The third kappa shape index (κ3) is 4.58. The Morgan fingerprint density at radius 2 is 1.44 bits per heavy atom. The number of benzene rings is 3. The van der Waals surface area contributed by atoms with E-state index in [1.165, 1.54) is 24.3 Å². The zero-order chi connectivity index (χ0) is 19.2. The normalized spacial score (nSPS) is 11.4. The summed E-state index contributed by atoms with van der Waals surface area (Å²) >= 11 is 0. The lowest BCUT2D eigenvalue weighted by atomic mass is 9.98. The van der Waals surface area contributed by atoms with E-state index < -0.39 is 12.6 Å². The first-order valence-corrected chi connectivity index (χ1v) is 8.17. The summed E-state index contributed by atoms with van der Waals surface area (Å²) in [5, 5.41) is 11.6. The van der Waals surface area contributed by atoms with Crippen molar-refractivity contribution in [1.29, 1.82) is 0 Å². The number of hydrogen-bond acceptors (Lipinski definition) is 3. The Bertz CT molecular complexity index is 949. The van der Waals surface area contributed by atoms with E-state index in [2.05, 4.69) is 4.74 Å². The number of carboxylic acids is 1. The van der Waals surface area contributed by atoms with Crippen LogP contribution in [0.15, 0.2) is 78.9 Å². The van der Waals surface area contributed by atoms with Crippen LogP contribution < -0.4 is 9.84 Å². The molecule has 3 aromatic carbocycles. The van der Waals surface area contributed by atoms with Crippen LogP contribution in [0.2, 0.25) is 0 Å². The molecule has 136 valence electrons. The number of halogens is 2. The number of aliphatic carboxylic acids is 1. The van der Waals surface area contributed by atoms with Crippen LogP contribution >= 0.6 is 0 Å². The van der Waals surface area contributed by atoms with Crippen molar-refractivity contribution in [1.82, 2.24) is 0 Å². The minimum Gasteiger partial charge on any atom is -0.545 e. The molecule has 0 spiro atoms. The number of para-hydroxylation sites is 1. The minimum atomic E-state index is -3.00. The molecule has 5 heteroatoms. The van der Waals surface area contributed by atoms with Gasteiger partial charge in [-0.25, -0.2) is 0 Å². The average molecular weight is 365 g/mol. The van der Waals surface area contributed by atoms with Crippen molar-refractivity contribution < 1.29 is 23.4 Å². The summed E-state index contributed by atoms with van der Waals surface area (Å²) in [6, 6.07) is 22.5. The van der Waals surface area contributed by atoms with Crippen LogP contribution in [0.25, 0.3) is 22.8 Å². The summed E-state index contributed by atoms with van der Waals surface area (Å²) in [6.45, 7) is -3.00. The zero-order valence-electron chi connectivity index (χ0n) is 14.1. The molecular formula is C22H15F2O3-. The quantitative estimate of drug-likeness (QED) is 0.485. The first-order valence-electron chi connectivity index (χ1n) is 8.17. The summed E-state index contributed by atoms with van der Waals surface area (Å²) in [5.74, 6) is -1.51. The van der Waals surface area contributed by atoms with Gasteiger partial charge in [-0.3, -0.25) is 0 Å². The van der Waals surface area contributed by atoms with Crippen LogP contribution in [0.5, 0.6) is 5.75 Å². The third-order valence-electron chi connectivity index (χ3n) is 3.96. The molecule has 0 amide bonds. The topological polar surface area (TPSA) is 49.4 Å². The molecule has 0 unspecified atom stereocenters. The molecule has 3 nitrogen and oxygen atoms in total. The second-order valence-corrected chi connectivity index (χ2v) is 5.71. The number of alkyl halides is 2. The number of carboxylic acid groups (broad SMARTS) is 1. The monoisotopic (exact) mass is 365 g/mol. The van der Waals surface area contributed by atoms with E-state index in [-0.39, 0.29) is 16.9 Å². The van der Waals surface area contributed by atoms with Gasteiger partial charge in [-0.15, -0.1) is 0 Å². The largest absolute Gasteiger partial charge is 0.545 e. The molecule has 0 N–H and O–H groups in total. The summed E-state index contributed by atoms with van der Waals surface area (Å²) in [5.41, 5.74) is 2.43. The lowest BCUT2D eigenvalue weighted by Gasteiger charge is -2.13. The van der Waals surface area contributed by atoms with Gasteiger partial charge in [0.15, 0.2) is 0 Å². The van der Waals surface area contributed by atoms with E-state index >= 15 is 0 Å². The van der Waals surface area contributed by atoms with Gasteiger partial charge in [-0.1, -0.05) is 72.8 Å². The van der Waals surface area contributed by atoms with Gasteiger partial charge in [-0.05, 0) is 28.8 Å². The van der Waals surface area contributed by atoms with Crippen LogP contribution in [0.3, 0.4) is 0 Å². The zero-order valence-corrected chi connectivity index (χ0v) is 14.1. The van der Waals surface area contributed by atoms with Gasteiger partial charge in [0, 0.05) is 11.1 Å². The number of carbonyl (C=O) groups is 1. The summed E-state index contributed by atoms with van der Waals surface area (Å²) in [7, 11) is 0. The third-order valence-corrected chi connectivity index (χ3v) is 3.96. The molecule has 0 fully saturated rings. The molecule has 0 saturated carbocycles. The number of carbonyl (C=O) groups excluding carboxylic acids is 1. The van der Waals surface area contributed by atoms with Crippen LogP contribution in [0.1, 0.15) is 11.1 Å². The van der Waals surface area contributed by atoms with Gasteiger partial charge in [0.2, 0.25) is 0 Å². The van der Waals surface area contributed by atoms with E-state index in [0.29, 0.717) is 5.56 Å². The number of rotatable bonds is 6. The molecule has 0 radical (unpaired) electrons. The predicted octanol–water partition coefficient (Wildman–Crippen LogP) is 4.25. The van der Waals surface area contributed by atoms with Crippen LogP contribution in [0, 0.1) is 0 Å². The van der Waals surface area contributed by atoms with Crippen LogP contribution in [-0.2, 0) is 4.79 Å². The smallest absolute Gasteiger partial charge is 0.387 e. The van der Waals surface area contributed by atoms with E-state index in [1.54, 1.807) is 30.3 Å². The van der Waals surface area contributed by atoms with Crippen LogP contribution in [-0.4, -0.2) is 12.6 Å². The standard InChI is InChI=1S/C22H16F2O3/c23-22(24)27-20-9-5-4-8-18(20)14-19(21(25)26)17-12-10-16(11-13-17)15-6-2-1-3-7-15/h1-14,22H,(H,25,26)/p-1/b19-14-. The lowest BCUT2D eigenvalue weighted by Crippen LogP contribution is -2.23. The number of hydrogen-bond donors (Lipinski definition) is 0. The molecule has 0 aliphatic carbocycles. The lowest BCUT2D eigenvalue weighted by molar-refractivity contribution is -0.295. The maximum absolute atomic E-state index is 12.6. The van der Waals surface area contributed by atoms with Gasteiger partial charge in [0.1, 0.15) is 5.75 Å². The van der Waals surface area contributed by atoms with E-state index in [1.807, 2.05) is 30.3 Å². The van der Waals surface area contributed by atoms with Crippen molar-refractivity contribution in [2.24, 2.45) is 0 Å². The molecule has 27 heavy (non-hydrogen) atoms. The second kappa shape index (κ2) is 8.27. The van der Waals surface area contributed by atoms with Crippen molar-refractivity contribution in [3.8, 4) is 16.9 Å². The minimum absolute atomic E-state index is 0.104. The van der Waals surface area contributed by atoms with Crippen LogP contribution in [0.4, 0.5) is 8.78 Å². The van der Waals surface area contributed by atoms with Crippen molar-refractivity contribution in [3.05, 3.63) is 90.0 Å². The van der Waals surface area contributed by atoms with Gasteiger partial charge < -0.3 is 14.6 Å². The van der Waals surface area contributed by atoms with Gasteiger partial charge in [-0.2, -0.15) is 8.78 Å². The molecule has 0 aliphatic rings. The highest BCUT2D eigenvalue weighted by Gasteiger charge is 2.10. The molecule has 0 heterocycles. The second-order valence-electron chi connectivity index (χ2n) is 5.71. The summed E-state index contributed by atoms with van der Waals surface area (Å²) < 4.78 is 29.6. The number of ether oxygens (including phenoxy) is 1. The highest BCUT2D eigenvalue weighted by atomic mass is 19.3. The van der Waals surface area contributed by atoms with E-state index in [4.69, 9.17) is 0 Å². The first-order chi connectivity index (χ1) is 13.0. The Morgan fingerprint density at radius 1 is 0.852 bits per heavy atom. The Morgan fingerprint density at radius 3 is 2.07 bits per heavy atom. The summed E-state index contributed by atoms with van der Waals surface area (Å²) in [4.78, 5) is 11.6. The molecule has 0 aliphatic heterocycles. The fourth-order valence-corrected chi connectivity index (χ4v) is 2.69. The Hall–Kier alpha value is -3.47. The molecular weight excluding hydrogens is 350 g/mol. The van der Waals surface area contributed by atoms with Crippen molar-refractivity contribution in [3.63, 3.8) is 0 Å². The van der Waals surface area contributed by atoms with Crippen molar-refractivity contribution in [2.45, 2.75) is 6.61 Å². The molecule has 0 aromatic heterocycles. The molecule has 0 bridgehead atoms. The van der Waals surface area contributed by atoms with Gasteiger partial charge in [0.25, 0.3) is 0 Å². The molecule has 0 atom stereocenters. The Labute approximate surface area is 155 Å². The SMILES string of the molecule is O=C([O-])/C(=C\c1ccccc1OC(F)F)c1ccc(-c2ccccc2)cc1. The van der Waals surface area contributed by atoms with Gasteiger partial charge in [0.05, 0.1) is 5.97 Å². The maximum Gasteiger partial charge on any atom is 0.387 e. The highest BCUT2D eigenvalue weighted by Crippen LogP contribution is 2.27. The first kappa shape index (κ1) is 18.3. The Kier molecular flexibility index (Phi) is 5.61. The predicted molar refractivity (Wildman–Crippen MR) is 97.8 cm³/mol. The molecule has 3 rings (SSSR count). The summed E-state index contributed by atoms with van der Waals surface area (Å²) in [6.07, 6.45) is 1.27. The van der Waals surface area contributed by atoms with Crippen molar-refractivity contribution >= 4 is 17.6 Å². The maximum atomic E-state index is 12.6. The highest BCUT2D eigenvalue weighted by molar-refractivity contribution is 6.19. The Balaban J connectivity index is 1.97. The van der Waals surface area contributed by atoms with E-state index in [0.717, 1.165) is 11.1 Å². The van der Waals surface area contributed by atoms with Gasteiger partial charge >= 0.3 is 6.61 Å². The molecule has 3 aromatic rings. The fourth-order valence-electron chi connectivity index (χ4n) is 2.69.